The van der Waals surface area contributed by atoms with Crippen molar-refractivity contribution < 1.29 is 4.74 Å². The minimum Gasteiger partial charge on any atom is -0.494 e. The van der Waals surface area contributed by atoms with Crippen molar-refractivity contribution in [1.29, 1.82) is 0 Å². The van der Waals surface area contributed by atoms with Crippen molar-refractivity contribution in [3.05, 3.63) is 42.0 Å². The smallest absolute Gasteiger partial charge is 0.119 e. The number of hydrogen-bond acceptors (Lipinski definition) is 1. The molecule has 0 aliphatic heterocycles. The van der Waals surface area contributed by atoms with E-state index in [4.69, 9.17) is 4.74 Å². The third-order valence-electron chi connectivity index (χ3n) is 5.19. The second-order valence-corrected chi connectivity index (χ2v) is 7.48. The number of hydrogen-bond donors (Lipinski definition) is 0. The van der Waals surface area contributed by atoms with E-state index in [0.29, 0.717) is 5.92 Å². The summed E-state index contributed by atoms with van der Waals surface area (Å²) >= 11 is 0. The van der Waals surface area contributed by atoms with Crippen LogP contribution in [0.3, 0.4) is 0 Å². The van der Waals surface area contributed by atoms with E-state index >= 15 is 0 Å². The molecule has 0 atom stereocenters. The van der Waals surface area contributed by atoms with E-state index in [1.165, 1.54) is 44.9 Å². The third-order valence-corrected chi connectivity index (χ3v) is 5.19. The standard InChI is InChI=1S/C26H34O/c1-3-5-11-23-14-16-24(17-15-23)12-9-7-8-10-13-25-18-20-26(21-19-25)27-22-6-4-2/h7-8,18-21,23-24H,3-6,11,14-17,22H2,1-2H3/b8-7+. The van der Waals surface area contributed by atoms with Crippen LogP contribution in [0.1, 0.15) is 77.2 Å². The van der Waals surface area contributed by atoms with Crippen molar-refractivity contribution in [2.75, 3.05) is 6.61 Å². The predicted molar refractivity (Wildman–Crippen MR) is 116 cm³/mol. The fraction of sp³-hybridized carbons (Fsp3) is 0.538. The molecule has 1 aromatic rings. The van der Waals surface area contributed by atoms with E-state index in [2.05, 4.69) is 37.5 Å². The van der Waals surface area contributed by atoms with Gasteiger partial charge >= 0.3 is 0 Å². The van der Waals surface area contributed by atoms with Crippen LogP contribution in [-0.2, 0) is 0 Å². The molecule has 0 N–H and O–H groups in total. The van der Waals surface area contributed by atoms with Crippen LogP contribution in [-0.4, -0.2) is 6.61 Å². The Bertz CT molecular complexity index is 667. The molecule has 0 saturated heterocycles. The summed E-state index contributed by atoms with van der Waals surface area (Å²) in [5.74, 6) is 15.3. The summed E-state index contributed by atoms with van der Waals surface area (Å²) in [7, 11) is 0. The van der Waals surface area contributed by atoms with Crippen molar-refractivity contribution in [2.45, 2.75) is 71.6 Å². The number of allylic oxidation sites excluding steroid dienone is 2. The quantitative estimate of drug-likeness (QED) is 0.384. The van der Waals surface area contributed by atoms with Crippen LogP contribution in [0.5, 0.6) is 5.75 Å². The van der Waals surface area contributed by atoms with Crippen molar-refractivity contribution in [3.63, 3.8) is 0 Å². The van der Waals surface area contributed by atoms with Crippen LogP contribution in [0.2, 0.25) is 0 Å². The Labute approximate surface area is 166 Å². The first-order valence-corrected chi connectivity index (χ1v) is 10.7. The summed E-state index contributed by atoms with van der Waals surface area (Å²) in [5.41, 5.74) is 1.00. The molecule has 1 aromatic carbocycles. The fourth-order valence-electron chi connectivity index (χ4n) is 3.43. The summed E-state index contributed by atoms with van der Waals surface area (Å²) in [6, 6.07) is 7.98. The molecule has 0 aromatic heterocycles. The van der Waals surface area contributed by atoms with Gasteiger partial charge in [0.15, 0.2) is 0 Å². The lowest BCUT2D eigenvalue weighted by atomic mass is 9.80. The van der Waals surface area contributed by atoms with Gasteiger partial charge in [0.25, 0.3) is 0 Å². The Morgan fingerprint density at radius 2 is 1.63 bits per heavy atom. The molecule has 2 rings (SSSR count). The van der Waals surface area contributed by atoms with Gasteiger partial charge in [0.05, 0.1) is 6.61 Å². The number of rotatable bonds is 7. The van der Waals surface area contributed by atoms with Crippen LogP contribution in [0.15, 0.2) is 36.4 Å². The zero-order valence-corrected chi connectivity index (χ0v) is 17.1. The first-order chi connectivity index (χ1) is 13.3. The number of unbranched alkanes of at least 4 members (excludes halogenated alkanes) is 2. The molecule has 0 unspecified atom stereocenters. The molecule has 27 heavy (non-hydrogen) atoms. The van der Waals surface area contributed by atoms with Crippen LogP contribution < -0.4 is 4.74 Å². The van der Waals surface area contributed by atoms with Crippen molar-refractivity contribution >= 4 is 0 Å². The van der Waals surface area contributed by atoms with Gasteiger partial charge in [-0.15, -0.1) is 0 Å². The van der Waals surface area contributed by atoms with Gasteiger partial charge in [-0.2, -0.15) is 0 Å². The zero-order valence-electron chi connectivity index (χ0n) is 17.1. The predicted octanol–water partition coefficient (Wildman–Crippen LogP) is 6.77. The first kappa shape index (κ1) is 21.2. The summed E-state index contributed by atoms with van der Waals surface area (Å²) in [6.45, 7) is 5.23. The molecule has 144 valence electrons. The fourth-order valence-corrected chi connectivity index (χ4v) is 3.43. The molecular weight excluding hydrogens is 328 g/mol. The molecule has 1 fully saturated rings. The van der Waals surface area contributed by atoms with Gasteiger partial charge in [-0.25, -0.2) is 0 Å². The highest BCUT2D eigenvalue weighted by molar-refractivity contribution is 5.40. The molecule has 1 saturated carbocycles. The van der Waals surface area contributed by atoms with Gasteiger partial charge in [0.2, 0.25) is 0 Å². The van der Waals surface area contributed by atoms with Gasteiger partial charge in [-0.05, 0) is 74.4 Å². The minimum atomic E-state index is 0.584. The third kappa shape index (κ3) is 8.88. The van der Waals surface area contributed by atoms with Gasteiger partial charge in [0.1, 0.15) is 5.75 Å². The highest BCUT2D eigenvalue weighted by atomic mass is 16.5. The highest BCUT2D eigenvalue weighted by Crippen LogP contribution is 2.31. The Kier molecular flexibility index (Phi) is 10.3. The van der Waals surface area contributed by atoms with E-state index in [1.54, 1.807) is 0 Å². The van der Waals surface area contributed by atoms with E-state index in [9.17, 15) is 0 Å². The summed E-state index contributed by atoms with van der Waals surface area (Å²) < 4.78 is 5.66. The monoisotopic (exact) mass is 362 g/mol. The second kappa shape index (κ2) is 13.1. The average molecular weight is 363 g/mol. The zero-order chi connectivity index (χ0) is 19.2. The maximum Gasteiger partial charge on any atom is 0.119 e. The summed E-state index contributed by atoms with van der Waals surface area (Å²) in [5, 5.41) is 0. The van der Waals surface area contributed by atoms with Crippen LogP contribution in [0.25, 0.3) is 0 Å². The SMILES string of the molecule is CCCCOc1ccc(C#C/C=C/C#CC2CCC(CCCC)CC2)cc1. The largest absolute Gasteiger partial charge is 0.494 e. The molecule has 0 bridgehead atoms. The lowest BCUT2D eigenvalue weighted by Gasteiger charge is -2.25. The lowest BCUT2D eigenvalue weighted by Crippen LogP contribution is -2.13. The molecule has 1 aliphatic carbocycles. The van der Waals surface area contributed by atoms with E-state index in [1.807, 2.05) is 36.4 Å². The summed E-state index contributed by atoms with van der Waals surface area (Å²) in [4.78, 5) is 0. The normalized spacial score (nSPS) is 19.0. The van der Waals surface area contributed by atoms with Crippen molar-refractivity contribution in [1.82, 2.24) is 0 Å². The molecule has 1 heteroatoms. The van der Waals surface area contributed by atoms with E-state index in [-0.39, 0.29) is 0 Å². The highest BCUT2D eigenvalue weighted by Gasteiger charge is 2.18. The van der Waals surface area contributed by atoms with Gasteiger partial charge in [0, 0.05) is 11.5 Å². The first-order valence-electron chi connectivity index (χ1n) is 10.7. The number of ether oxygens (including phenoxy) is 1. The number of benzene rings is 1. The van der Waals surface area contributed by atoms with Crippen LogP contribution >= 0.6 is 0 Å². The van der Waals surface area contributed by atoms with Gasteiger partial charge < -0.3 is 4.74 Å². The van der Waals surface area contributed by atoms with E-state index < -0.39 is 0 Å². The maximum absolute atomic E-state index is 5.66. The minimum absolute atomic E-state index is 0.584. The molecule has 0 radical (unpaired) electrons. The molecule has 0 heterocycles. The van der Waals surface area contributed by atoms with Crippen molar-refractivity contribution in [2.24, 2.45) is 11.8 Å². The Morgan fingerprint density at radius 3 is 2.33 bits per heavy atom. The maximum atomic E-state index is 5.66. The van der Waals surface area contributed by atoms with E-state index in [0.717, 1.165) is 36.7 Å². The Morgan fingerprint density at radius 1 is 0.926 bits per heavy atom. The molecule has 0 spiro atoms. The molecule has 1 nitrogen and oxygen atoms in total. The Balaban J connectivity index is 1.70. The molecule has 0 amide bonds. The van der Waals surface area contributed by atoms with Crippen molar-refractivity contribution in [3.8, 4) is 29.4 Å². The topological polar surface area (TPSA) is 9.23 Å². The van der Waals surface area contributed by atoms with Crippen LogP contribution in [0, 0.1) is 35.5 Å². The lowest BCUT2D eigenvalue weighted by molar-refractivity contribution is 0.296. The van der Waals surface area contributed by atoms with Crippen LogP contribution in [0.4, 0.5) is 0 Å². The van der Waals surface area contributed by atoms with Gasteiger partial charge in [-0.3, -0.25) is 0 Å². The Hall–Kier alpha value is -2.12. The van der Waals surface area contributed by atoms with Gasteiger partial charge in [-0.1, -0.05) is 63.2 Å². The average Bonchev–Trinajstić information content (AvgIpc) is 2.71. The summed E-state index contributed by atoms with van der Waals surface area (Å²) in [6.07, 6.45) is 15.4. The molecular formula is C26H34O. The molecule has 1 aliphatic rings. The second-order valence-electron chi connectivity index (χ2n) is 7.48.